The average molecular weight is 418 g/mol. The maximum Gasteiger partial charge on any atom is 0.231 e. The molecule has 154 valence electrons. The van der Waals surface area contributed by atoms with Gasteiger partial charge in [-0.15, -0.1) is 0 Å². The number of hydrogen-bond acceptors (Lipinski definition) is 5. The van der Waals surface area contributed by atoms with Crippen LogP contribution in [0.25, 0.3) is 39.4 Å². The number of ether oxygens (including phenoxy) is 2. The van der Waals surface area contributed by atoms with Crippen LogP contribution < -0.4 is 9.47 Å². The molecule has 0 saturated carbocycles. The molecular formula is C27H18N2O3. The Morgan fingerprint density at radius 2 is 1.75 bits per heavy atom. The van der Waals surface area contributed by atoms with Crippen LogP contribution in [0.5, 0.6) is 11.5 Å². The second-order valence-electron chi connectivity index (χ2n) is 7.45. The summed E-state index contributed by atoms with van der Waals surface area (Å²) in [5, 5.41) is 2.28. The highest BCUT2D eigenvalue weighted by Gasteiger charge is 2.13. The maximum absolute atomic E-state index is 6.04. The first kappa shape index (κ1) is 18.4. The number of oxazole rings is 1. The van der Waals surface area contributed by atoms with E-state index < -0.39 is 0 Å². The first-order valence-corrected chi connectivity index (χ1v) is 10.3. The van der Waals surface area contributed by atoms with Gasteiger partial charge in [0.1, 0.15) is 5.52 Å². The lowest BCUT2D eigenvalue weighted by Gasteiger charge is -2.01. The summed E-state index contributed by atoms with van der Waals surface area (Å²) < 4.78 is 16.8. The van der Waals surface area contributed by atoms with Crippen molar-refractivity contribution in [2.75, 3.05) is 6.79 Å². The third kappa shape index (κ3) is 3.40. The number of fused-ring (bicyclic) bond motifs is 3. The molecule has 5 heteroatoms. The van der Waals surface area contributed by atoms with Crippen molar-refractivity contribution in [3.63, 3.8) is 0 Å². The van der Waals surface area contributed by atoms with E-state index >= 15 is 0 Å². The van der Waals surface area contributed by atoms with Crippen LogP contribution in [0.3, 0.4) is 0 Å². The Labute approximate surface area is 184 Å². The molecule has 0 atom stereocenters. The summed E-state index contributed by atoms with van der Waals surface area (Å²) in [6.07, 6.45) is 5.63. The van der Waals surface area contributed by atoms with Crippen molar-refractivity contribution in [3.8, 4) is 23.0 Å². The number of hydrogen-bond donors (Lipinski definition) is 0. The maximum atomic E-state index is 6.04. The van der Waals surface area contributed by atoms with E-state index in [1.807, 2.05) is 72.8 Å². The van der Waals surface area contributed by atoms with Gasteiger partial charge in [0.15, 0.2) is 17.1 Å². The van der Waals surface area contributed by atoms with Crippen molar-refractivity contribution in [2.45, 2.75) is 0 Å². The molecule has 1 aliphatic heterocycles. The molecule has 0 spiro atoms. The summed E-state index contributed by atoms with van der Waals surface area (Å²) in [5.41, 5.74) is 4.33. The fourth-order valence-corrected chi connectivity index (χ4v) is 3.82. The lowest BCUT2D eigenvalue weighted by atomic mass is 10.0. The van der Waals surface area contributed by atoms with Crippen molar-refractivity contribution in [1.29, 1.82) is 0 Å². The smallest absolute Gasteiger partial charge is 0.231 e. The van der Waals surface area contributed by atoms with E-state index in [0.717, 1.165) is 50.2 Å². The van der Waals surface area contributed by atoms with Gasteiger partial charge in [0, 0.05) is 11.8 Å². The summed E-state index contributed by atoms with van der Waals surface area (Å²) in [4.78, 5) is 9.24. The number of allylic oxidation sites excluding steroid dienone is 1. The fraction of sp³-hybridized carbons (Fsp3) is 0.0370. The van der Waals surface area contributed by atoms with Crippen molar-refractivity contribution < 1.29 is 13.9 Å². The van der Waals surface area contributed by atoms with E-state index in [-0.39, 0.29) is 6.79 Å². The molecule has 5 nitrogen and oxygen atoms in total. The van der Waals surface area contributed by atoms with Crippen molar-refractivity contribution in [1.82, 2.24) is 4.98 Å². The van der Waals surface area contributed by atoms with Gasteiger partial charge in [0.2, 0.25) is 12.7 Å². The summed E-state index contributed by atoms with van der Waals surface area (Å²) in [7, 11) is 0. The molecule has 1 aromatic heterocycles. The van der Waals surface area contributed by atoms with Gasteiger partial charge in [-0.2, -0.15) is 0 Å². The number of nitrogens with zero attached hydrogens (tertiary/aromatic N) is 2. The SMILES string of the molecule is C(=Cc1ccc2c(c1)OCO2)C=Nc1ccc2oc(-c3cccc4ccccc34)nc2c1. The monoisotopic (exact) mass is 418 g/mol. The molecule has 32 heavy (non-hydrogen) atoms. The second kappa shape index (κ2) is 7.71. The minimum Gasteiger partial charge on any atom is -0.454 e. The van der Waals surface area contributed by atoms with Gasteiger partial charge in [-0.05, 0) is 58.8 Å². The van der Waals surface area contributed by atoms with E-state index in [0.29, 0.717) is 5.89 Å². The molecule has 0 radical (unpaired) electrons. The van der Waals surface area contributed by atoms with E-state index in [1.165, 1.54) is 0 Å². The third-order valence-corrected chi connectivity index (χ3v) is 5.39. The topological polar surface area (TPSA) is 56.9 Å². The Morgan fingerprint density at radius 3 is 2.75 bits per heavy atom. The predicted molar refractivity (Wildman–Crippen MR) is 127 cm³/mol. The molecule has 1 aliphatic rings. The molecule has 0 unspecified atom stereocenters. The summed E-state index contributed by atoms with van der Waals surface area (Å²) in [6, 6.07) is 26.0. The molecular weight excluding hydrogens is 400 g/mol. The van der Waals surface area contributed by atoms with E-state index in [9.17, 15) is 0 Å². The quantitative estimate of drug-likeness (QED) is 0.301. The van der Waals surface area contributed by atoms with Crippen LogP contribution in [0.1, 0.15) is 5.56 Å². The van der Waals surface area contributed by atoms with Crippen molar-refractivity contribution in [3.05, 3.63) is 90.5 Å². The van der Waals surface area contributed by atoms with Gasteiger partial charge in [-0.1, -0.05) is 48.5 Å². The highest BCUT2D eigenvalue weighted by molar-refractivity contribution is 5.96. The van der Waals surface area contributed by atoms with Gasteiger partial charge >= 0.3 is 0 Å². The molecule has 4 aromatic carbocycles. The van der Waals surface area contributed by atoms with Crippen LogP contribution in [0.15, 0.2) is 94.3 Å². The number of aliphatic imine (C=N–C) groups is 1. The van der Waals surface area contributed by atoms with Crippen LogP contribution in [0, 0.1) is 0 Å². The normalized spacial score (nSPS) is 13.1. The van der Waals surface area contributed by atoms with Crippen LogP contribution in [-0.4, -0.2) is 18.0 Å². The van der Waals surface area contributed by atoms with Crippen LogP contribution >= 0.6 is 0 Å². The number of benzene rings is 4. The largest absolute Gasteiger partial charge is 0.454 e. The minimum absolute atomic E-state index is 0.274. The lowest BCUT2D eigenvalue weighted by molar-refractivity contribution is 0.174. The Morgan fingerprint density at radius 1 is 0.844 bits per heavy atom. The zero-order valence-corrected chi connectivity index (χ0v) is 17.1. The molecule has 0 saturated heterocycles. The van der Waals surface area contributed by atoms with Crippen molar-refractivity contribution in [2.24, 2.45) is 4.99 Å². The van der Waals surface area contributed by atoms with E-state index in [1.54, 1.807) is 6.21 Å². The first-order valence-electron chi connectivity index (χ1n) is 10.3. The second-order valence-corrected chi connectivity index (χ2v) is 7.45. The van der Waals surface area contributed by atoms with Crippen molar-refractivity contribution >= 4 is 39.9 Å². The Hall–Kier alpha value is -4.38. The number of rotatable bonds is 4. The minimum atomic E-state index is 0.274. The first-order chi connectivity index (χ1) is 15.8. The standard InChI is InChI=1S/C27H18N2O3/c1-2-8-21-19(6-1)7-3-9-22(21)27-29-23-16-20(11-13-24(23)32-27)28-14-4-5-18-10-12-25-26(15-18)31-17-30-25/h1-16H,17H2. The van der Waals surface area contributed by atoms with Gasteiger partial charge in [0.05, 0.1) is 5.69 Å². The van der Waals surface area contributed by atoms with Gasteiger partial charge < -0.3 is 13.9 Å². The van der Waals surface area contributed by atoms with Crippen LogP contribution in [0.4, 0.5) is 5.69 Å². The molecule has 0 bridgehead atoms. The zero-order valence-electron chi connectivity index (χ0n) is 17.1. The summed E-state index contributed by atoms with van der Waals surface area (Å²) >= 11 is 0. The molecule has 0 amide bonds. The molecule has 6 rings (SSSR count). The molecule has 5 aromatic rings. The fourth-order valence-electron chi connectivity index (χ4n) is 3.82. The summed E-state index contributed by atoms with van der Waals surface area (Å²) in [6.45, 7) is 0.274. The van der Waals surface area contributed by atoms with E-state index in [4.69, 9.17) is 18.9 Å². The molecule has 2 heterocycles. The predicted octanol–water partition coefficient (Wildman–Crippen LogP) is 6.79. The summed E-state index contributed by atoms with van der Waals surface area (Å²) in [5.74, 6) is 2.16. The molecule has 0 N–H and O–H groups in total. The highest BCUT2D eigenvalue weighted by atomic mass is 16.7. The Balaban J connectivity index is 1.25. The van der Waals surface area contributed by atoms with Crippen LogP contribution in [-0.2, 0) is 0 Å². The lowest BCUT2D eigenvalue weighted by Crippen LogP contribution is -1.92. The third-order valence-electron chi connectivity index (χ3n) is 5.39. The van der Waals surface area contributed by atoms with Crippen LogP contribution in [0.2, 0.25) is 0 Å². The Kier molecular flexibility index (Phi) is 4.43. The average Bonchev–Trinajstić information content (AvgIpc) is 3.47. The highest BCUT2D eigenvalue weighted by Crippen LogP contribution is 2.33. The Bertz CT molecular complexity index is 1510. The molecule has 0 aliphatic carbocycles. The van der Waals surface area contributed by atoms with Gasteiger partial charge in [-0.3, -0.25) is 4.99 Å². The van der Waals surface area contributed by atoms with E-state index in [2.05, 4.69) is 23.2 Å². The van der Waals surface area contributed by atoms with Gasteiger partial charge in [0.25, 0.3) is 0 Å². The number of aromatic nitrogens is 1. The zero-order chi connectivity index (χ0) is 21.3. The molecule has 0 fully saturated rings. The van der Waals surface area contributed by atoms with Gasteiger partial charge in [-0.25, -0.2) is 4.98 Å².